The number of hydrogen-bond donors (Lipinski definition) is 2. The van der Waals surface area contributed by atoms with E-state index < -0.39 is 29.0 Å². The van der Waals surface area contributed by atoms with Crippen molar-refractivity contribution in [3.8, 4) is 0 Å². The molecule has 5 nitrogen and oxygen atoms in total. The first kappa shape index (κ1) is 17.7. The summed E-state index contributed by atoms with van der Waals surface area (Å²) in [7, 11) is 0. The van der Waals surface area contributed by atoms with E-state index >= 15 is 0 Å². The van der Waals surface area contributed by atoms with E-state index in [1.165, 1.54) is 6.07 Å². The Morgan fingerprint density at radius 1 is 1.08 bits per heavy atom. The number of halogens is 3. The summed E-state index contributed by atoms with van der Waals surface area (Å²) >= 11 is 0. The zero-order chi connectivity index (χ0) is 18.1. The van der Waals surface area contributed by atoms with E-state index in [2.05, 4.69) is 20.6 Å². The third kappa shape index (κ3) is 4.21. The molecule has 1 heterocycles. The third-order valence-electron chi connectivity index (χ3n) is 2.86. The molecule has 128 valence electrons. The smallest absolute Gasteiger partial charge is 0.274 e. The fourth-order valence-corrected chi connectivity index (χ4v) is 1.88. The minimum atomic E-state index is -1.65. The summed E-state index contributed by atoms with van der Waals surface area (Å²) in [6.45, 7) is 7.36. The quantitative estimate of drug-likeness (QED) is 0.838. The lowest BCUT2D eigenvalue weighted by molar-refractivity contribution is 0.102. The molecule has 2 rings (SSSR count). The molecule has 0 bridgehead atoms. The van der Waals surface area contributed by atoms with Crippen molar-refractivity contribution in [3.63, 3.8) is 0 Å². The Balaban J connectivity index is 2.29. The lowest BCUT2D eigenvalue weighted by atomic mass is 10.1. The Bertz CT molecular complexity index is 788. The number of aryl methyl sites for hydroxylation is 1. The molecule has 0 unspecified atom stereocenters. The van der Waals surface area contributed by atoms with Gasteiger partial charge in [0.05, 0.1) is 5.69 Å². The summed E-state index contributed by atoms with van der Waals surface area (Å²) in [6, 6.07) is 3.07. The number of nitrogens with zero attached hydrogens (tertiary/aromatic N) is 2. The van der Waals surface area contributed by atoms with Gasteiger partial charge in [-0.2, -0.15) is 0 Å². The Morgan fingerprint density at radius 3 is 2.38 bits per heavy atom. The van der Waals surface area contributed by atoms with Gasteiger partial charge in [0.15, 0.2) is 17.5 Å². The van der Waals surface area contributed by atoms with E-state index in [9.17, 15) is 18.0 Å². The van der Waals surface area contributed by atoms with E-state index in [-0.39, 0.29) is 17.2 Å². The molecule has 2 N–H and O–H groups in total. The van der Waals surface area contributed by atoms with Crippen molar-refractivity contribution in [2.24, 2.45) is 0 Å². The highest BCUT2D eigenvalue weighted by atomic mass is 19.2. The molecule has 0 aliphatic rings. The maximum Gasteiger partial charge on any atom is 0.274 e. The van der Waals surface area contributed by atoms with Crippen molar-refractivity contribution in [1.82, 2.24) is 9.97 Å². The topological polar surface area (TPSA) is 66.9 Å². The lowest BCUT2D eigenvalue weighted by Crippen LogP contribution is -2.28. The van der Waals surface area contributed by atoms with Gasteiger partial charge in [-0.25, -0.2) is 23.1 Å². The number of aromatic nitrogens is 2. The average molecular weight is 338 g/mol. The maximum absolute atomic E-state index is 13.6. The van der Waals surface area contributed by atoms with Crippen LogP contribution in [-0.2, 0) is 0 Å². The van der Waals surface area contributed by atoms with Crippen molar-refractivity contribution in [2.45, 2.75) is 33.2 Å². The summed E-state index contributed by atoms with van der Waals surface area (Å²) in [6.07, 6.45) is 0. The van der Waals surface area contributed by atoms with Gasteiger partial charge >= 0.3 is 0 Å². The number of rotatable bonds is 3. The first-order valence-electron chi connectivity index (χ1n) is 7.15. The predicted molar refractivity (Wildman–Crippen MR) is 84.4 cm³/mol. The number of benzene rings is 1. The monoisotopic (exact) mass is 338 g/mol. The molecule has 1 aromatic carbocycles. The molecule has 0 aliphatic heterocycles. The van der Waals surface area contributed by atoms with Gasteiger partial charge in [0, 0.05) is 11.2 Å². The van der Waals surface area contributed by atoms with Crippen LogP contribution >= 0.6 is 0 Å². The van der Waals surface area contributed by atoms with Crippen LogP contribution in [0.5, 0.6) is 0 Å². The van der Waals surface area contributed by atoms with E-state index in [1.807, 2.05) is 20.8 Å². The molecule has 2 aromatic rings. The third-order valence-corrected chi connectivity index (χ3v) is 2.86. The van der Waals surface area contributed by atoms with Crippen molar-refractivity contribution < 1.29 is 18.0 Å². The van der Waals surface area contributed by atoms with Crippen molar-refractivity contribution in [2.75, 3.05) is 10.6 Å². The van der Waals surface area contributed by atoms with Crippen molar-refractivity contribution in [1.29, 1.82) is 0 Å². The second-order valence-corrected chi connectivity index (χ2v) is 6.27. The van der Waals surface area contributed by atoms with Gasteiger partial charge in [-0.05, 0) is 45.9 Å². The summed E-state index contributed by atoms with van der Waals surface area (Å²) in [5.41, 5.74) is -0.306. The molecule has 0 saturated carbocycles. The van der Waals surface area contributed by atoms with Gasteiger partial charge in [-0.3, -0.25) is 4.79 Å². The van der Waals surface area contributed by atoms with E-state index in [1.54, 1.807) is 6.92 Å². The number of nitrogens with one attached hydrogen (secondary N) is 2. The second kappa shape index (κ2) is 6.46. The molecule has 0 fully saturated rings. The molecule has 0 spiro atoms. The van der Waals surface area contributed by atoms with Gasteiger partial charge in [0.25, 0.3) is 5.91 Å². The number of hydrogen-bond acceptors (Lipinski definition) is 4. The SMILES string of the molecule is Cc1cc(C(=O)Nc2ccc(F)c(F)c2F)nc(NC(C)(C)C)n1. The highest BCUT2D eigenvalue weighted by molar-refractivity contribution is 6.03. The standard InChI is InChI=1S/C16H17F3N4O/c1-8-7-11(22-15(20-8)23-16(2,3)4)14(24)21-10-6-5-9(17)12(18)13(10)19/h5-7H,1-4H3,(H,21,24)(H,20,22,23). The molecule has 0 radical (unpaired) electrons. The first-order valence-corrected chi connectivity index (χ1v) is 7.15. The van der Waals surface area contributed by atoms with Gasteiger partial charge in [0.1, 0.15) is 5.69 Å². The van der Waals surface area contributed by atoms with Crippen LogP contribution in [0.4, 0.5) is 24.8 Å². The predicted octanol–water partition coefficient (Wildman–Crippen LogP) is 3.67. The van der Waals surface area contributed by atoms with Crippen molar-refractivity contribution in [3.05, 3.63) is 47.0 Å². The molecule has 0 saturated heterocycles. The summed E-state index contributed by atoms with van der Waals surface area (Å²) in [5.74, 6) is -4.98. The zero-order valence-corrected chi connectivity index (χ0v) is 13.7. The van der Waals surface area contributed by atoms with Gasteiger partial charge in [-0.15, -0.1) is 0 Å². The fraction of sp³-hybridized carbons (Fsp3) is 0.312. The molecule has 1 aromatic heterocycles. The second-order valence-electron chi connectivity index (χ2n) is 6.27. The van der Waals surface area contributed by atoms with Crippen LogP contribution in [-0.4, -0.2) is 21.4 Å². The van der Waals surface area contributed by atoms with Gasteiger partial charge < -0.3 is 10.6 Å². The summed E-state index contributed by atoms with van der Waals surface area (Å²) < 4.78 is 39.8. The van der Waals surface area contributed by atoms with Crippen LogP contribution in [0.2, 0.25) is 0 Å². The lowest BCUT2D eigenvalue weighted by Gasteiger charge is -2.20. The Hall–Kier alpha value is -2.64. The number of carbonyl (C=O) groups is 1. The van der Waals surface area contributed by atoms with Crippen LogP contribution in [0.1, 0.15) is 37.0 Å². The minimum absolute atomic E-state index is 0.0293. The molecule has 0 atom stereocenters. The van der Waals surface area contributed by atoms with Gasteiger partial charge in [-0.1, -0.05) is 0 Å². The van der Waals surface area contributed by atoms with Crippen molar-refractivity contribution >= 4 is 17.5 Å². The normalized spacial score (nSPS) is 11.3. The number of carbonyl (C=O) groups excluding carboxylic acids is 1. The van der Waals surface area contributed by atoms with E-state index in [4.69, 9.17) is 0 Å². The molecular formula is C16H17F3N4O. The molecule has 8 heteroatoms. The fourth-order valence-electron chi connectivity index (χ4n) is 1.88. The zero-order valence-electron chi connectivity index (χ0n) is 13.7. The average Bonchev–Trinajstić information content (AvgIpc) is 2.45. The van der Waals surface area contributed by atoms with Gasteiger partial charge in [0.2, 0.25) is 5.95 Å². The molecule has 1 amide bonds. The van der Waals surface area contributed by atoms with Crippen LogP contribution in [0.3, 0.4) is 0 Å². The van der Waals surface area contributed by atoms with E-state index in [0.29, 0.717) is 5.69 Å². The first-order chi connectivity index (χ1) is 11.1. The molecule has 24 heavy (non-hydrogen) atoms. The maximum atomic E-state index is 13.6. The summed E-state index contributed by atoms with van der Waals surface area (Å²) in [5, 5.41) is 5.20. The molecular weight excluding hydrogens is 321 g/mol. The highest BCUT2D eigenvalue weighted by Crippen LogP contribution is 2.20. The van der Waals surface area contributed by atoms with E-state index in [0.717, 1.165) is 12.1 Å². The largest absolute Gasteiger partial charge is 0.350 e. The molecule has 0 aliphatic carbocycles. The summed E-state index contributed by atoms with van der Waals surface area (Å²) in [4.78, 5) is 20.4. The Labute approximate surface area is 137 Å². The van der Waals surface area contributed by atoms with Crippen LogP contribution in [0.15, 0.2) is 18.2 Å². The number of amides is 1. The van der Waals surface area contributed by atoms with Crippen LogP contribution in [0.25, 0.3) is 0 Å². The Morgan fingerprint density at radius 2 is 1.75 bits per heavy atom. The minimum Gasteiger partial charge on any atom is -0.350 e. The highest BCUT2D eigenvalue weighted by Gasteiger charge is 2.18. The van der Waals surface area contributed by atoms with Crippen LogP contribution < -0.4 is 10.6 Å². The Kier molecular flexibility index (Phi) is 4.77. The van der Waals surface area contributed by atoms with Crippen LogP contribution in [0, 0.1) is 24.4 Å². The number of anilines is 2.